The van der Waals surface area contributed by atoms with E-state index < -0.39 is 15.4 Å². The molecule has 0 bridgehead atoms. The average Bonchev–Trinajstić information content (AvgIpc) is 2.33. The van der Waals surface area contributed by atoms with Crippen LogP contribution in [0, 0.1) is 5.92 Å². The predicted molar refractivity (Wildman–Crippen MR) is 68.0 cm³/mol. The molecule has 0 unspecified atom stereocenters. The molecule has 1 aliphatic heterocycles. The summed E-state index contributed by atoms with van der Waals surface area (Å²) in [6.07, 6.45) is 0. The number of benzene rings is 1. The van der Waals surface area contributed by atoms with Gasteiger partial charge in [-0.05, 0) is 26.0 Å². The highest BCUT2D eigenvalue weighted by Gasteiger charge is 2.37. The summed E-state index contributed by atoms with van der Waals surface area (Å²) in [5.41, 5.74) is -0.472. The van der Waals surface area contributed by atoms with Crippen molar-refractivity contribution in [1.82, 2.24) is 0 Å². The molecule has 100 valence electrons. The molecule has 0 spiro atoms. The Hall–Kier alpha value is -0.910. The van der Waals surface area contributed by atoms with Gasteiger partial charge in [-0.1, -0.05) is 18.2 Å². The minimum Gasteiger partial charge on any atom is -0.355 e. The highest BCUT2D eigenvalue weighted by atomic mass is 32.2. The molecule has 1 aromatic rings. The fourth-order valence-electron chi connectivity index (χ4n) is 1.94. The number of sulfone groups is 1. The van der Waals surface area contributed by atoms with Crippen molar-refractivity contribution in [3.8, 4) is 0 Å². The molecule has 2 rings (SSSR count). The summed E-state index contributed by atoms with van der Waals surface area (Å²) in [4.78, 5) is 0.353. The van der Waals surface area contributed by atoms with E-state index in [1.165, 1.54) is 0 Å². The molecule has 1 aliphatic rings. The third-order valence-electron chi connectivity index (χ3n) is 3.34. The minimum absolute atomic E-state index is 0.0456. The number of ether oxygens (including phenoxy) is 2. The van der Waals surface area contributed by atoms with Gasteiger partial charge in [-0.25, -0.2) is 8.42 Å². The van der Waals surface area contributed by atoms with Crippen molar-refractivity contribution in [2.24, 2.45) is 5.92 Å². The zero-order chi connectivity index (χ0) is 13.2. The molecule has 0 N–H and O–H groups in total. The van der Waals surface area contributed by atoms with Crippen LogP contribution in [0.15, 0.2) is 35.2 Å². The summed E-state index contributed by atoms with van der Waals surface area (Å²) in [7, 11) is -3.29. The molecule has 1 fully saturated rings. The number of rotatable bonds is 3. The van der Waals surface area contributed by atoms with Crippen molar-refractivity contribution in [2.75, 3.05) is 19.2 Å². The lowest BCUT2D eigenvalue weighted by Gasteiger charge is -2.38. The summed E-state index contributed by atoms with van der Waals surface area (Å²) in [5.74, 6) is -0.110. The largest absolute Gasteiger partial charge is 0.355 e. The van der Waals surface area contributed by atoms with Crippen molar-refractivity contribution >= 4 is 9.84 Å². The quantitative estimate of drug-likeness (QED) is 0.841. The van der Waals surface area contributed by atoms with E-state index in [-0.39, 0.29) is 18.5 Å². The van der Waals surface area contributed by atoms with Gasteiger partial charge in [0.2, 0.25) is 0 Å². The monoisotopic (exact) mass is 270 g/mol. The maximum Gasteiger partial charge on any atom is 0.178 e. The van der Waals surface area contributed by atoms with Gasteiger partial charge in [-0.15, -0.1) is 0 Å². The van der Waals surface area contributed by atoms with Gasteiger partial charge in [-0.3, -0.25) is 0 Å². The highest BCUT2D eigenvalue weighted by Crippen LogP contribution is 2.28. The Morgan fingerprint density at radius 3 is 2.56 bits per heavy atom. The zero-order valence-corrected chi connectivity index (χ0v) is 11.4. The van der Waals surface area contributed by atoms with Gasteiger partial charge >= 0.3 is 0 Å². The van der Waals surface area contributed by atoms with Crippen molar-refractivity contribution < 1.29 is 17.9 Å². The van der Waals surface area contributed by atoms with E-state index in [2.05, 4.69) is 0 Å². The lowest BCUT2D eigenvalue weighted by molar-refractivity contribution is -0.205. The fraction of sp³-hybridized carbons (Fsp3) is 0.538. The summed E-state index contributed by atoms with van der Waals surface area (Å²) in [6, 6.07) is 8.49. The Bertz CT molecular complexity index is 493. The van der Waals surface area contributed by atoms with Crippen LogP contribution in [0.5, 0.6) is 0 Å². The van der Waals surface area contributed by atoms with Crippen LogP contribution in [0.1, 0.15) is 13.8 Å². The molecular formula is C13H18O4S. The topological polar surface area (TPSA) is 52.6 Å². The maximum atomic E-state index is 12.3. The van der Waals surface area contributed by atoms with Crippen molar-refractivity contribution in [3.05, 3.63) is 30.3 Å². The van der Waals surface area contributed by atoms with E-state index in [1.54, 1.807) is 30.3 Å². The molecule has 0 aromatic heterocycles. The first kappa shape index (κ1) is 13.5. The molecule has 0 radical (unpaired) electrons. The summed E-state index contributed by atoms with van der Waals surface area (Å²) < 4.78 is 35.2. The van der Waals surface area contributed by atoms with Crippen molar-refractivity contribution in [2.45, 2.75) is 24.3 Å². The first-order valence-electron chi connectivity index (χ1n) is 5.91. The summed E-state index contributed by atoms with van der Waals surface area (Å²) in [6.45, 7) is 4.45. The van der Waals surface area contributed by atoms with E-state index in [0.29, 0.717) is 11.5 Å². The molecule has 0 saturated carbocycles. The van der Waals surface area contributed by atoms with Crippen molar-refractivity contribution in [3.63, 3.8) is 0 Å². The van der Waals surface area contributed by atoms with E-state index in [0.717, 1.165) is 0 Å². The van der Waals surface area contributed by atoms with Gasteiger partial charge in [0.15, 0.2) is 9.84 Å². The third kappa shape index (κ3) is 2.91. The second-order valence-corrected chi connectivity index (χ2v) is 7.06. The summed E-state index contributed by atoms with van der Waals surface area (Å²) in [5, 5.41) is 0. The lowest BCUT2D eigenvalue weighted by Crippen LogP contribution is -2.45. The molecule has 1 aromatic carbocycles. The van der Waals surface area contributed by atoms with Crippen LogP contribution < -0.4 is 0 Å². The Labute approximate surface area is 108 Å². The van der Waals surface area contributed by atoms with Crippen LogP contribution in [0.25, 0.3) is 0 Å². The first-order chi connectivity index (χ1) is 8.42. The van der Waals surface area contributed by atoms with Crippen LogP contribution in [0.3, 0.4) is 0 Å². The molecule has 0 aliphatic carbocycles. The van der Waals surface area contributed by atoms with E-state index in [9.17, 15) is 8.42 Å². The molecular weight excluding hydrogens is 252 g/mol. The van der Waals surface area contributed by atoms with Gasteiger partial charge in [0.25, 0.3) is 0 Å². The predicted octanol–water partition coefficient (Wildman–Crippen LogP) is 1.86. The molecule has 4 nitrogen and oxygen atoms in total. The van der Waals surface area contributed by atoms with Crippen LogP contribution in [-0.4, -0.2) is 33.2 Å². The van der Waals surface area contributed by atoms with E-state index in [1.807, 2.05) is 13.8 Å². The van der Waals surface area contributed by atoms with Crippen LogP contribution in [-0.2, 0) is 19.3 Å². The smallest absolute Gasteiger partial charge is 0.178 e. The van der Waals surface area contributed by atoms with Gasteiger partial charge in [0, 0.05) is 5.92 Å². The Balaban J connectivity index is 2.18. The van der Waals surface area contributed by atoms with Gasteiger partial charge in [-0.2, -0.15) is 0 Å². The molecule has 1 atom stereocenters. The third-order valence-corrected chi connectivity index (χ3v) is 5.17. The Morgan fingerprint density at radius 2 is 1.94 bits per heavy atom. The van der Waals surface area contributed by atoms with E-state index in [4.69, 9.17) is 9.47 Å². The normalized spacial score (nSPS) is 23.8. The minimum atomic E-state index is -3.29. The lowest BCUT2D eigenvalue weighted by atomic mass is 9.93. The zero-order valence-electron chi connectivity index (χ0n) is 10.6. The standard InChI is InChI=1S/C13H18O4S/c1-13(2)11(8-16-10-17-13)9-18(14,15)12-6-4-3-5-7-12/h3-7,11H,8-10H2,1-2H3/t11-/m0/s1. The van der Waals surface area contributed by atoms with Gasteiger partial charge in [0.1, 0.15) is 6.79 Å². The number of hydrogen-bond donors (Lipinski definition) is 0. The van der Waals surface area contributed by atoms with Crippen LogP contribution in [0.4, 0.5) is 0 Å². The van der Waals surface area contributed by atoms with Gasteiger partial charge < -0.3 is 9.47 Å². The molecule has 5 heteroatoms. The van der Waals surface area contributed by atoms with Crippen LogP contribution in [0.2, 0.25) is 0 Å². The second-order valence-electron chi connectivity index (χ2n) is 5.03. The van der Waals surface area contributed by atoms with Gasteiger partial charge in [0.05, 0.1) is 22.9 Å². The van der Waals surface area contributed by atoms with Crippen LogP contribution >= 0.6 is 0 Å². The molecule has 18 heavy (non-hydrogen) atoms. The first-order valence-corrected chi connectivity index (χ1v) is 7.56. The maximum absolute atomic E-state index is 12.3. The highest BCUT2D eigenvalue weighted by molar-refractivity contribution is 7.91. The Morgan fingerprint density at radius 1 is 1.28 bits per heavy atom. The molecule has 1 heterocycles. The second kappa shape index (κ2) is 4.99. The molecule has 0 amide bonds. The SMILES string of the molecule is CC1(C)OCOC[C@H]1CS(=O)(=O)c1ccccc1. The fourth-order valence-corrected chi connectivity index (χ4v) is 3.73. The van der Waals surface area contributed by atoms with Crippen molar-refractivity contribution in [1.29, 1.82) is 0 Å². The van der Waals surface area contributed by atoms with E-state index >= 15 is 0 Å². The summed E-state index contributed by atoms with van der Waals surface area (Å²) >= 11 is 0. The molecule has 1 saturated heterocycles. The Kier molecular flexibility index (Phi) is 3.75. The average molecular weight is 270 g/mol. The number of hydrogen-bond acceptors (Lipinski definition) is 4.